The van der Waals surface area contributed by atoms with Crippen molar-refractivity contribution in [2.75, 3.05) is 36.9 Å². The summed E-state index contributed by atoms with van der Waals surface area (Å²) in [7, 11) is 0. The number of ether oxygens (including phenoxy) is 2. The highest BCUT2D eigenvalue weighted by molar-refractivity contribution is 5.96. The van der Waals surface area contributed by atoms with Crippen molar-refractivity contribution in [2.24, 2.45) is 0 Å². The predicted octanol–water partition coefficient (Wildman–Crippen LogP) is 3.60. The van der Waals surface area contributed by atoms with Crippen molar-refractivity contribution in [3.63, 3.8) is 0 Å². The molecule has 1 aliphatic rings. The zero-order chi connectivity index (χ0) is 22.1. The van der Waals surface area contributed by atoms with Gasteiger partial charge < -0.3 is 25.4 Å². The molecule has 1 atom stereocenters. The number of hydrogen-bond acceptors (Lipinski definition) is 5. The summed E-state index contributed by atoms with van der Waals surface area (Å²) in [6, 6.07) is 14.2. The summed E-state index contributed by atoms with van der Waals surface area (Å²) in [4.78, 5) is 24.5. The summed E-state index contributed by atoms with van der Waals surface area (Å²) in [6.45, 7) is 7.54. The van der Waals surface area contributed by atoms with Crippen molar-refractivity contribution >= 4 is 23.2 Å². The molecule has 7 nitrogen and oxygen atoms in total. The van der Waals surface area contributed by atoms with E-state index in [-0.39, 0.29) is 24.5 Å². The van der Waals surface area contributed by atoms with Gasteiger partial charge in [0.25, 0.3) is 5.91 Å². The van der Waals surface area contributed by atoms with Crippen LogP contribution in [0.1, 0.15) is 30.1 Å². The molecule has 0 saturated carbocycles. The van der Waals surface area contributed by atoms with E-state index in [9.17, 15) is 9.59 Å². The van der Waals surface area contributed by atoms with Crippen LogP contribution in [-0.4, -0.2) is 44.2 Å². The van der Waals surface area contributed by atoms with Gasteiger partial charge in [0.2, 0.25) is 5.91 Å². The Morgan fingerprint density at radius 3 is 2.68 bits per heavy atom. The third-order valence-electron chi connectivity index (χ3n) is 4.72. The average Bonchev–Trinajstić information content (AvgIpc) is 3.29. The molecule has 2 aromatic rings. The van der Waals surface area contributed by atoms with Gasteiger partial charge in [0.1, 0.15) is 12.4 Å². The van der Waals surface area contributed by atoms with Crippen molar-refractivity contribution in [2.45, 2.75) is 25.9 Å². The van der Waals surface area contributed by atoms with E-state index in [2.05, 4.69) is 22.5 Å². The van der Waals surface area contributed by atoms with E-state index in [1.165, 1.54) is 0 Å². The second-order valence-corrected chi connectivity index (χ2v) is 7.60. The molecule has 0 bridgehead atoms. The van der Waals surface area contributed by atoms with Crippen LogP contribution >= 0.6 is 0 Å². The molecule has 1 heterocycles. The average molecular weight is 424 g/mol. The van der Waals surface area contributed by atoms with Crippen LogP contribution in [-0.2, 0) is 9.53 Å². The number of rotatable bonds is 10. The van der Waals surface area contributed by atoms with E-state index in [0.717, 1.165) is 30.7 Å². The van der Waals surface area contributed by atoms with E-state index < -0.39 is 0 Å². The maximum Gasteiger partial charge on any atom is 0.251 e. The van der Waals surface area contributed by atoms with Gasteiger partial charge in [-0.05, 0) is 61.7 Å². The zero-order valence-corrected chi connectivity index (χ0v) is 17.8. The van der Waals surface area contributed by atoms with Crippen LogP contribution in [0.5, 0.6) is 5.75 Å². The number of anilines is 2. The maximum absolute atomic E-state index is 12.2. The third-order valence-corrected chi connectivity index (χ3v) is 4.72. The fraction of sp³-hybridized carbons (Fsp3) is 0.333. The number of carbonyl (C=O) groups is 2. The van der Waals surface area contributed by atoms with Crippen molar-refractivity contribution in [1.82, 2.24) is 5.32 Å². The Labute approximate surface area is 182 Å². The Balaban J connectivity index is 1.43. The van der Waals surface area contributed by atoms with Gasteiger partial charge in [-0.25, -0.2) is 0 Å². The lowest BCUT2D eigenvalue weighted by atomic mass is 10.2. The van der Waals surface area contributed by atoms with Gasteiger partial charge in [-0.15, -0.1) is 0 Å². The van der Waals surface area contributed by atoms with Crippen molar-refractivity contribution < 1.29 is 19.1 Å². The first kappa shape index (κ1) is 22.4. The monoisotopic (exact) mass is 423 g/mol. The topological polar surface area (TPSA) is 88.7 Å². The van der Waals surface area contributed by atoms with Crippen LogP contribution in [0.4, 0.5) is 11.4 Å². The standard InChI is InChI=1S/C24H29N3O4/c1-17(2)16-31-21-6-3-5-20(13-21)25-15-23(28)27-19-10-8-18(9-11-19)24(29)26-14-22-7-4-12-30-22/h3,5-6,8-11,13,22,25H,1,4,7,12,14-16H2,2H3,(H,26,29)(H,27,28). The molecule has 0 aliphatic carbocycles. The molecular weight excluding hydrogens is 394 g/mol. The zero-order valence-electron chi connectivity index (χ0n) is 17.8. The molecule has 2 amide bonds. The van der Waals surface area contributed by atoms with E-state index in [1.807, 2.05) is 31.2 Å². The van der Waals surface area contributed by atoms with Gasteiger partial charge in [-0.1, -0.05) is 12.6 Å². The third kappa shape index (κ3) is 7.46. The Morgan fingerprint density at radius 2 is 1.97 bits per heavy atom. The summed E-state index contributed by atoms with van der Waals surface area (Å²) in [6.07, 6.45) is 2.12. The van der Waals surface area contributed by atoms with Gasteiger partial charge >= 0.3 is 0 Å². The smallest absolute Gasteiger partial charge is 0.251 e. The maximum atomic E-state index is 12.2. The molecule has 0 radical (unpaired) electrons. The molecule has 2 aromatic carbocycles. The summed E-state index contributed by atoms with van der Waals surface area (Å²) >= 11 is 0. The number of hydrogen-bond donors (Lipinski definition) is 3. The molecule has 3 rings (SSSR count). The molecule has 1 aliphatic heterocycles. The molecule has 1 saturated heterocycles. The number of amides is 2. The van der Waals surface area contributed by atoms with Crippen molar-refractivity contribution in [3.05, 3.63) is 66.2 Å². The van der Waals surface area contributed by atoms with Gasteiger partial charge in [0.15, 0.2) is 0 Å². The highest BCUT2D eigenvalue weighted by Crippen LogP contribution is 2.18. The van der Waals surface area contributed by atoms with Crippen molar-refractivity contribution in [1.29, 1.82) is 0 Å². The second-order valence-electron chi connectivity index (χ2n) is 7.60. The molecule has 31 heavy (non-hydrogen) atoms. The highest BCUT2D eigenvalue weighted by Gasteiger charge is 2.16. The Morgan fingerprint density at radius 1 is 1.16 bits per heavy atom. The molecule has 1 fully saturated rings. The van der Waals surface area contributed by atoms with Crippen LogP contribution in [0.15, 0.2) is 60.7 Å². The molecule has 3 N–H and O–H groups in total. The molecular formula is C24H29N3O4. The lowest BCUT2D eigenvalue weighted by molar-refractivity contribution is -0.114. The second kappa shape index (κ2) is 11.2. The SMILES string of the molecule is C=C(C)COc1cccc(NCC(=O)Nc2ccc(C(=O)NCC3CCCO3)cc2)c1. The van der Waals surface area contributed by atoms with Gasteiger partial charge in [0, 0.05) is 36.2 Å². The molecule has 164 valence electrons. The lowest BCUT2D eigenvalue weighted by Gasteiger charge is -2.12. The minimum Gasteiger partial charge on any atom is -0.489 e. The van der Waals surface area contributed by atoms with Crippen molar-refractivity contribution in [3.8, 4) is 5.75 Å². The van der Waals surface area contributed by atoms with E-state index >= 15 is 0 Å². The van der Waals surface area contributed by atoms with Crippen LogP contribution in [0.3, 0.4) is 0 Å². The Kier molecular flexibility index (Phi) is 8.06. The summed E-state index contributed by atoms with van der Waals surface area (Å²) < 4.78 is 11.1. The molecule has 1 unspecified atom stereocenters. The normalized spacial score (nSPS) is 15.2. The van der Waals surface area contributed by atoms with E-state index in [1.54, 1.807) is 24.3 Å². The first-order chi connectivity index (χ1) is 15.0. The Bertz CT molecular complexity index is 905. The minimum atomic E-state index is -0.191. The highest BCUT2D eigenvalue weighted by atomic mass is 16.5. The van der Waals surface area contributed by atoms with Crippen LogP contribution in [0.25, 0.3) is 0 Å². The molecule has 0 aromatic heterocycles. The quantitative estimate of drug-likeness (QED) is 0.508. The largest absolute Gasteiger partial charge is 0.489 e. The number of carbonyl (C=O) groups excluding carboxylic acids is 2. The van der Waals surface area contributed by atoms with E-state index in [4.69, 9.17) is 9.47 Å². The van der Waals surface area contributed by atoms with E-state index in [0.29, 0.717) is 30.2 Å². The summed E-state index contributed by atoms with van der Waals surface area (Å²) in [5.74, 6) is 0.370. The Hall–Kier alpha value is -3.32. The fourth-order valence-electron chi connectivity index (χ4n) is 3.11. The van der Waals surface area contributed by atoms with Crippen LogP contribution in [0, 0.1) is 0 Å². The minimum absolute atomic E-state index is 0.105. The molecule has 0 spiro atoms. The predicted molar refractivity (Wildman–Crippen MR) is 122 cm³/mol. The molecule has 7 heteroatoms. The van der Waals surface area contributed by atoms with Gasteiger partial charge in [0.05, 0.1) is 12.6 Å². The lowest BCUT2D eigenvalue weighted by Crippen LogP contribution is -2.31. The van der Waals surface area contributed by atoms with Crippen LogP contribution < -0.4 is 20.7 Å². The first-order valence-corrected chi connectivity index (χ1v) is 10.4. The first-order valence-electron chi connectivity index (χ1n) is 10.4. The van der Waals surface area contributed by atoms with Crippen LogP contribution in [0.2, 0.25) is 0 Å². The summed E-state index contributed by atoms with van der Waals surface area (Å²) in [5.41, 5.74) is 2.89. The van der Waals surface area contributed by atoms with Gasteiger partial charge in [-0.3, -0.25) is 9.59 Å². The fourth-order valence-corrected chi connectivity index (χ4v) is 3.11. The number of benzene rings is 2. The van der Waals surface area contributed by atoms with Gasteiger partial charge in [-0.2, -0.15) is 0 Å². The number of nitrogens with one attached hydrogen (secondary N) is 3. The summed E-state index contributed by atoms with van der Waals surface area (Å²) in [5, 5.41) is 8.77.